The van der Waals surface area contributed by atoms with Crippen molar-refractivity contribution in [2.75, 3.05) is 0 Å². The second kappa shape index (κ2) is 8.96. The van der Waals surface area contributed by atoms with Crippen molar-refractivity contribution in [2.24, 2.45) is 0 Å². The molecule has 0 unspecified atom stereocenters. The van der Waals surface area contributed by atoms with Crippen molar-refractivity contribution in [1.82, 2.24) is 0 Å². The predicted molar refractivity (Wildman–Crippen MR) is 75.2 cm³/mol. The van der Waals surface area contributed by atoms with E-state index >= 15 is 0 Å². The van der Waals surface area contributed by atoms with Gasteiger partial charge in [0.2, 0.25) is 0 Å². The molecule has 18 heavy (non-hydrogen) atoms. The minimum absolute atomic E-state index is 0.761. The number of hydrogen-bond donors (Lipinski definition) is 0. The summed E-state index contributed by atoms with van der Waals surface area (Å²) < 4.78 is 5.80. The van der Waals surface area contributed by atoms with Crippen molar-refractivity contribution in [1.29, 1.82) is 0 Å². The Labute approximate surface area is 111 Å². The maximum Gasteiger partial charge on any atom is 0.153 e. The summed E-state index contributed by atoms with van der Waals surface area (Å²) in [5.74, 6) is 1.88. The van der Waals surface area contributed by atoms with Gasteiger partial charge in [-0.25, -0.2) is 0 Å². The zero-order chi connectivity index (χ0) is 13.2. The van der Waals surface area contributed by atoms with E-state index in [1.165, 1.54) is 32.1 Å². The van der Waals surface area contributed by atoms with Gasteiger partial charge in [0, 0.05) is 12.8 Å². The van der Waals surface area contributed by atoms with Gasteiger partial charge in [0.05, 0.1) is 5.56 Å². The van der Waals surface area contributed by atoms with Crippen LogP contribution in [-0.4, -0.2) is 6.29 Å². The van der Waals surface area contributed by atoms with Gasteiger partial charge < -0.3 is 4.42 Å². The van der Waals surface area contributed by atoms with Crippen LogP contribution in [0.15, 0.2) is 10.5 Å². The molecule has 1 heterocycles. The standard InChI is InChI=1S/C16H26O2/c1-3-5-7-9-10-15-12-14(13-17)16(18-15)11-8-6-4-2/h12-13H,3-11H2,1-2H3. The first kappa shape index (κ1) is 15.0. The lowest BCUT2D eigenvalue weighted by Crippen LogP contribution is -1.87. The highest BCUT2D eigenvalue weighted by Crippen LogP contribution is 2.19. The Morgan fingerprint density at radius 2 is 1.67 bits per heavy atom. The Hall–Kier alpha value is -1.05. The fraction of sp³-hybridized carbons (Fsp3) is 0.688. The summed E-state index contributed by atoms with van der Waals surface area (Å²) in [6.45, 7) is 4.39. The second-order valence-electron chi connectivity index (χ2n) is 4.98. The predicted octanol–water partition coefficient (Wildman–Crippen LogP) is 4.95. The molecule has 0 amide bonds. The van der Waals surface area contributed by atoms with Crippen LogP contribution in [0.25, 0.3) is 0 Å². The zero-order valence-corrected chi connectivity index (χ0v) is 11.8. The number of carbonyl (C=O) groups is 1. The van der Waals surface area contributed by atoms with Crippen molar-refractivity contribution >= 4 is 6.29 Å². The largest absolute Gasteiger partial charge is 0.465 e. The summed E-state index contributed by atoms with van der Waals surface area (Å²) in [5, 5.41) is 0. The molecule has 1 rings (SSSR count). The van der Waals surface area contributed by atoms with Gasteiger partial charge in [-0.2, -0.15) is 0 Å². The van der Waals surface area contributed by atoms with Crippen molar-refractivity contribution in [2.45, 2.75) is 71.6 Å². The van der Waals surface area contributed by atoms with E-state index in [2.05, 4.69) is 13.8 Å². The highest BCUT2D eigenvalue weighted by Gasteiger charge is 2.09. The molecular formula is C16H26O2. The fourth-order valence-electron chi connectivity index (χ4n) is 2.18. The molecule has 0 saturated heterocycles. The molecule has 0 saturated carbocycles. The number of aldehydes is 1. The maximum atomic E-state index is 11.0. The van der Waals surface area contributed by atoms with E-state index in [0.29, 0.717) is 0 Å². The molecule has 0 fully saturated rings. The number of aryl methyl sites for hydroxylation is 2. The lowest BCUT2D eigenvalue weighted by molar-refractivity contribution is 0.112. The molecule has 0 radical (unpaired) electrons. The van der Waals surface area contributed by atoms with Crippen LogP contribution in [0.3, 0.4) is 0 Å². The average molecular weight is 250 g/mol. The number of hydrogen-bond acceptors (Lipinski definition) is 2. The van der Waals surface area contributed by atoms with Crippen LogP contribution >= 0.6 is 0 Å². The SMILES string of the molecule is CCCCCCc1cc(C=O)c(CCCCC)o1. The Bertz CT molecular complexity index is 339. The lowest BCUT2D eigenvalue weighted by Gasteiger charge is -1.98. The van der Waals surface area contributed by atoms with Crippen LogP contribution in [0.5, 0.6) is 0 Å². The summed E-state index contributed by atoms with van der Waals surface area (Å²) in [7, 11) is 0. The Kier molecular flexibility index (Phi) is 7.47. The molecule has 0 spiro atoms. The molecule has 2 heteroatoms. The molecule has 0 N–H and O–H groups in total. The molecular weight excluding hydrogens is 224 g/mol. The summed E-state index contributed by atoms with van der Waals surface area (Å²) >= 11 is 0. The number of carbonyl (C=O) groups excluding carboxylic acids is 1. The van der Waals surface area contributed by atoms with Crippen molar-refractivity contribution in [3.8, 4) is 0 Å². The van der Waals surface area contributed by atoms with Gasteiger partial charge in [0.15, 0.2) is 6.29 Å². The molecule has 0 aromatic carbocycles. The number of furan rings is 1. The van der Waals surface area contributed by atoms with Crippen LogP contribution in [0.2, 0.25) is 0 Å². The van der Waals surface area contributed by atoms with E-state index in [9.17, 15) is 4.79 Å². The third-order valence-corrected chi connectivity index (χ3v) is 3.30. The molecule has 0 aliphatic carbocycles. The van der Waals surface area contributed by atoms with Crippen LogP contribution in [0, 0.1) is 0 Å². The minimum atomic E-state index is 0.761. The van der Waals surface area contributed by atoms with Crippen LogP contribution in [0.4, 0.5) is 0 Å². The molecule has 102 valence electrons. The van der Waals surface area contributed by atoms with Gasteiger partial charge >= 0.3 is 0 Å². The monoisotopic (exact) mass is 250 g/mol. The summed E-state index contributed by atoms with van der Waals surface area (Å²) in [6, 6.07) is 1.93. The van der Waals surface area contributed by atoms with Crippen LogP contribution in [-0.2, 0) is 12.8 Å². The molecule has 2 nitrogen and oxygen atoms in total. The Balaban J connectivity index is 2.46. The zero-order valence-electron chi connectivity index (χ0n) is 11.8. The van der Waals surface area contributed by atoms with E-state index in [0.717, 1.165) is 49.1 Å². The fourth-order valence-corrected chi connectivity index (χ4v) is 2.18. The molecule has 0 atom stereocenters. The van der Waals surface area contributed by atoms with Gasteiger partial charge in [-0.3, -0.25) is 4.79 Å². The van der Waals surface area contributed by atoms with E-state index in [-0.39, 0.29) is 0 Å². The maximum absolute atomic E-state index is 11.0. The minimum Gasteiger partial charge on any atom is -0.465 e. The molecule has 0 bridgehead atoms. The third kappa shape index (κ3) is 5.07. The highest BCUT2D eigenvalue weighted by molar-refractivity contribution is 5.76. The van der Waals surface area contributed by atoms with Gasteiger partial charge in [-0.1, -0.05) is 46.0 Å². The van der Waals surface area contributed by atoms with Gasteiger partial charge in [-0.15, -0.1) is 0 Å². The first-order chi connectivity index (χ1) is 8.81. The third-order valence-electron chi connectivity index (χ3n) is 3.30. The van der Waals surface area contributed by atoms with Crippen molar-refractivity contribution in [3.05, 3.63) is 23.2 Å². The topological polar surface area (TPSA) is 30.2 Å². The number of unbranched alkanes of at least 4 members (excludes halogenated alkanes) is 5. The first-order valence-electron chi connectivity index (χ1n) is 7.38. The normalized spacial score (nSPS) is 10.8. The van der Waals surface area contributed by atoms with Crippen LogP contribution < -0.4 is 0 Å². The number of rotatable bonds is 10. The van der Waals surface area contributed by atoms with Gasteiger partial charge in [-0.05, 0) is 18.9 Å². The molecule has 1 aromatic heterocycles. The Morgan fingerprint density at radius 3 is 2.33 bits per heavy atom. The van der Waals surface area contributed by atoms with E-state index in [1.807, 2.05) is 6.07 Å². The van der Waals surface area contributed by atoms with E-state index in [1.54, 1.807) is 0 Å². The van der Waals surface area contributed by atoms with E-state index in [4.69, 9.17) is 4.42 Å². The van der Waals surface area contributed by atoms with Crippen LogP contribution in [0.1, 0.15) is 80.7 Å². The molecule has 0 aliphatic heterocycles. The van der Waals surface area contributed by atoms with Crippen molar-refractivity contribution in [3.63, 3.8) is 0 Å². The Morgan fingerprint density at radius 1 is 1.00 bits per heavy atom. The first-order valence-corrected chi connectivity index (χ1v) is 7.38. The van der Waals surface area contributed by atoms with Gasteiger partial charge in [0.25, 0.3) is 0 Å². The molecule has 1 aromatic rings. The summed E-state index contributed by atoms with van der Waals surface area (Å²) in [5.41, 5.74) is 0.761. The van der Waals surface area contributed by atoms with Gasteiger partial charge in [0.1, 0.15) is 11.5 Å². The second-order valence-corrected chi connectivity index (χ2v) is 4.98. The smallest absolute Gasteiger partial charge is 0.153 e. The highest BCUT2D eigenvalue weighted by atomic mass is 16.3. The summed E-state index contributed by atoms with van der Waals surface area (Å²) in [6.07, 6.45) is 11.2. The van der Waals surface area contributed by atoms with E-state index < -0.39 is 0 Å². The summed E-state index contributed by atoms with van der Waals surface area (Å²) in [4.78, 5) is 11.0. The average Bonchev–Trinajstić information content (AvgIpc) is 2.77. The molecule has 0 aliphatic rings. The lowest BCUT2D eigenvalue weighted by atomic mass is 10.1. The van der Waals surface area contributed by atoms with Crippen molar-refractivity contribution < 1.29 is 9.21 Å². The quantitative estimate of drug-likeness (QED) is 0.434.